The monoisotopic (exact) mass is 308 g/mol. The highest BCUT2D eigenvalue weighted by Crippen LogP contribution is 2.42. The highest BCUT2D eigenvalue weighted by molar-refractivity contribution is 7.23. The average molecular weight is 308 g/mol. The van der Waals surface area contributed by atoms with E-state index in [1.807, 2.05) is 6.07 Å². The molecule has 0 fully saturated rings. The average Bonchev–Trinajstić information content (AvgIpc) is 2.73. The molecule has 3 aromatic rings. The van der Waals surface area contributed by atoms with Gasteiger partial charge in [0.2, 0.25) is 0 Å². The minimum Gasteiger partial charge on any atom is -0.396 e. The van der Waals surface area contributed by atoms with Crippen LogP contribution in [-0.4, -0.2) is 0 Å². The van der Waals surface area contributed by atoms with Gasteiger partial charge in [-0.3, -0.25) is 0 Å². The van der Waals surface area contributed by atoms with Gasteiger partial charge in [0.15, 0.2) is 0 Å². The Balaban J connectivity index is 2.26. The quantitative estimate of drug-likeness (QED) is 0.681. The number of hydrogen-bond donors (Lipinski definition) is 2. The van der Waals surface area contributed by atoms with Crippen molar-refractivity contribution in [1.29, 1.82) is 0 Å². The molecule has 4 N–H and O–H groups in total. The first-order chi connectivity index (χ1) is 9.88. The van der Waals surface area contributed by atoms with E-state index in [2.05, 4.69) is 0 Å². The zero-order chi connectivity index (χ0) is 15.2. The molecule has 1 heterocycles. The van der Waals surface area contributed by atoms with E-state index in [0.29, 0.717) is 27.2 Å². The molecule has 0 aliphatic heterocycles. The third-order valence-corrected chi connectivity index (χ3v) is 4.28. The summed E-state index contributed by atoms with van der Waals surface area (Å²) in [5, 5.41) is 1.18. The summed E-state index contributed by atoms with van der Waals surface area (Å²) in [4.78, 5) is 0. The van der Waals surface area contributed by atoms with Crippen LogP contribution in [0.25, 0.3) is 21.2 Å². The van der Waals surface area contributed by atoms with Crippen LogP contribution in [0.1, 0.15) is 5.56 Å². The zero-order valence-corrected chi connectivity index (χ0v) is 11.6. The highest BCUT2D eigenvalue weighted by atomic mass is 32.1. The molecule has 0 bridgehead atoms. The third kappa shape index (κ3) is 2.31. The van der Waals surface area contributed by atoms with E-state index < -0.39 is 11.7 Å². The molecule has 6 heteroatoms. The summed E-state index contributed by atoms with van der Waals surface area (Å²) < 4.78 is 39.4. The van der Waals surface area contributed by atoms with Crippen LogP contribution in [0.5, 0.6) is 0 Å². The van der Waals surface area contributed by atoms with Gasteiger partial charge in [-0.05, 0) is 29.3 Å². The Morgan fingerprint density at radius 1 is 0.952 bits per heavy atom. The molecule has 0 saturated heterocycles. The van der Waals surface area contributed by atoms with Gasteiger partial charge in [0.25, 0.3) is 0 Å². The SMILES string of the molecule is Nc1sc2cccc(-c3cccc(C(F)(F)F)c3)c2c1N. The van der Waals surface area contributed by atoms with Crippen molar-refractivity contribution in [3.8, 4) is 11.1 Å². The van der Waals surface area contributed by atoms with Crippen LogP contribution in [0.3, 0.4) is 0 Å². The predicted octanol–water partition coefficient (Wildman–Crippen LogP) is 4.75. The van der Waals surface area contributed by atoms with Crippen molar-refractivity contribution < 1.29 is 13.2 Å². The van der Waals surface area contributed by atoms with E-state index in [1.165, 1.54) is 17.4 Å². The van der Waals surface area contributed by atoms with E-state index in [4.69, 9.17) is 11.5 Å². The molecule has 1 aromatic heterocycles. The zero-order valence-electron chi connectivity index (χ0n) is 10.7. The van der Waals surface area contributed by atoms with E-state index in [0.717, 1.165) is 16.8 Å². The number of hydrogen-bond acceptors (Lipinski definition) is 3. The molecule has 0 amide bonds. The molecule has 0 aliphatic rings. The lowest BCUT2D eigenvalue weighted by molar-refractivity contribution is -0.137. The number of fused-ring (bicyclic) bond motifs is 1. The largest absolute Gasteiger partial charge is 0.416 e. The summed E-state index contributed by atoms with van der Waals surface area (Å²) in [5.74, 6) is 0. The maximum atomic E-state index is 12.8. The lowest BCUT2D eigenvalue weighted by Gasteiger charge is -2.10. The standard InChI is InChI=1S/C15H11F3N2S/c16-15(17,18)9-4-1-3-8(7-9)10-5-2-6-11-12(10)13(19)14(20)21-11/h1-7H,19-20H2. The molecule has 0 atom stereocenters. The Morgan fingerprint density at radius 2 is 1.67 bits per heavy atom. The minimum atomic E-state index is -4.37. The summed E-state index contributed by atoms with van der Waals surface area (Å²) in [6.45, 7) is 0. The molecule has 2 nitrogen and oxygen atoms in total. The van der Waals surface area contributed by atoms with E-state index in [-0.39, 0.29) is 0 Å². The number of nitrogens with two attached hydrogens (primary N) is 2. The number of alkyl halides is 3. The van der Waals surface area contributed by atoms with Gasteiger partial charge >= 0.3 is 6.18 Å². The van der Waals surface area contributed by atoms with Gasteiger partial charge in [-0.2, -0.15) is 13.2 Å². The van der Waals surface area contributed by atoms with Crippen LogP contribution in [0.15, 0.2) is 42.5 Å². The van der Waals surface area contributed by atoms with Crippen LogP contribution >= 0.6 is 11.3 Å². The fourth-order valence-corrected chi connectivity index (χ4v) is 3.21. The Labute approximate surface area is 122 Å². The number of thiophene rings is 1. The van der Waals surface area contributed by atoms with Gasteiger partial charge in [0.05, 0.1) is 11.3 Å². The lowest BCUT2D eigenvalue weighted by Crippen LogP contribution is -2.04. The van der Waals surface area contributed by atoms with Crippen molar-refractivity contribution in [2.24, 2.45) is 0 Å². The van der Waals surface area contributed by atoms with Crippen LogP contribution in [0, 0.1) is 0 Å². The Kier molecular flexibility index (Phi) is 3.06. The third-order valence-electron chi connectivity index (χ3n) is 3.28. The smallest absolute Gasteiger partial charge is 0.396 e. The van der Waals surface area contributed by atoms with E-state index in [1.54, 1.807) is 18.2 Å². The number of benzene rings is 2. The molecule has 0 spiro atoms. The second kappa shape index (κ2) is 4.66. The first-order valence-electron chi connectivity index (χ1n) is 6.12. The van der Waals surface area contributed by atoms with E-state index in [9.17, 15) is 13.2 Å². The number of rotatable bonds is 1. The minimum absolute atomic E-state index is 0.419. The first-order valence-corrected chi connectivity index (χ1v) is 6.93. The van der Waals surface area contributed by atoms with Gasteiger partial charge in [0, 0.05) is 10.1 Å². The summed E-state index contributed by atoms with van der Waals surface area (Å²) in [5.41, 5.74) is 12.6. The Bertz CT molecular complexity index is 821. The number of anilines is 2. The van der Waals surface area contributed by atoms with Crippen LogP contribution < -0.4 is 11.5 Å². The molecule has 21 heavy (non-hydrogen) atoms. The van der Waals surface area contributed by atoms with Crippen LogP contribution in [0.4, 0.5) is 23.9 Å². The topological polar surface area (TPSA) is 52.0 Å². The van der Waals surface area contributed by atoms with Gasteiger partial charge in [-0.25, -0.2) is 0 Å². The second-order valence-corrected chi connectivity index (χ2v) is 5.72. The second-order valence-electron chi connectivity index (χ2n) is 4.64. The maximum Gasteiger partial charge on any atom is 0.416 e. The van der Waals surface area contributed by atoms with Crippen molar-refractivity contribution in [2.75, 3.05) is 11.5 Å². The van der Waals surface area contributed by atoms with Gasteiger partial charge in [-0.1, -0.05) is 24.3 Å². The molecular weight excluding hydrogens is 297 g/mol. The molecular formula is C15H11F3N2S. The van der Waals surface area contributed by atoms with Crippen molar-refractivity contribution in [3.05, 3.63) is 48.0 Å². The molecule has 0 unspecified atom stereocenters. The van der Waals surface area contributed by atoms with Crippen molar-refractivity contribution in [3.63, 3.8) is 0 Å². The van der Waals surface area contributed by atoms with Gasteiger partial charge in [-0.15, -0.1) is 11.3 Å². The first kappa shape index (κ1) is 13.8. The number of nitrogen functional groups attached to an aromatic ring is 2. The van der Waals surface area contributed by atoms with Crippen LogP contribution in [0.2, 0.25) is 0 Å². The normalized spacial score (nSPS) is 12.0. The molecule has 3 rings (SSSR count). The molecule has 0 radical (unpaired) electrons. The Hall–Kier alpha value is -2.21. The Morgan fingerprint density at radius 3 is 2.38 bits per heavy atom. The van der Waals surface area contributed by atoms with Gasteiger partial charge < -0.3 is 11.5 Å². The summed E-state index contributed by atoms with van der Waals surface area (Å²) in [7, 11) is 0. The van der Waals surface area contributed by atoms with Crippen molar-refractivity contribution in [2.45, 2.75) is 6.18 Å². The molecule has 2 aromatic carbocycles. The maximum absolute atomic E-state index is 12.8. The van der Waals surface area contributed by atoms with Crippen molar-refractivity contribution >= 4 is 32.1 Å². The van der Waals surface area contributed by atoms with E-state index >= 15 is 0 Å². The van der Waals surface area contributed by atoms with Gasteiger partial charge in [0.1, 0.15) is 5.00 Å². The molecule has 0 aliphatic carbocycles. The lowest BCUT2D eigenvalue weighted by atomic mass is 9.99. The van der Waals surface area contributed by atoms with Crippen LogP contribution in [-0.2, 0) is 6.18 Å². The predicted molar refractivity (Wildman–Crippen MR) is 81.1 cm³/mol. The molecule has 0 saturated carbocycles. The summed E-state index contributed by atoms with van der Waals surface area (Å²) >= 11 is 1.33. The summed E-state index contributed by atoms with van der Waals surface area (Å²) in [6.07, 6.45) is -4.37. The highest BCUT2D eigenvalue weighted by Gasteiger charge is 2.30. The summed E-state index contributed by atoms with van der Waals surface area (Å²) in [6, 6.07) is 10.6. The van der Waals surface area contributed by atoms with Crippen molar-refractivity contribution in [1.82, 2.24) is 0 Å². The fraction of sp³-hybridized carbons (Fsp3) is 0.0667. The molecule has 108 valence electrons. The number of halogens is 3. The fourth-order valence-electron chi connectivity index (χ4n) is 2.29.